The molecule has 2 rings (SSSR count). The van der Waals surface area contributed by atoms with Gasteiger partial charge < -0.3 is 5.73 Å². The maximum atomic E-state index is 13.2. The molecule has 1 aromatic heterocycles. The van der Waals surface area contributed by atoms with Gasteiger partial charge in [0.25, 0.3) is 0 Å². The maximum absolute atomic E-state index is 13.2. The number of Topliss-reactive ketones (excluding diaryl/α,β-unsaturated/α-hetero) is 1. The Hall–Kier alpha value is -1.75. The maximum Gasteiger partial charge on any atom is 0.171 e. The Balaban J connectivity index is 2.23. The number of carbonyl (C=O) groups is 1. The average molecular weight is 250 g/mol. The molecule has 3 nitrogen and oxygen atoms in total. The van der Waals surface area contributed by atoms with E-state index in [0.29, 0.717) is 5.69 Å². The van der Waals surface area contributed by atoms with E-state index in [4.69, 9.17) is 5.73 Å². The van der Waals surface area contributed by atoms with Gasteiger partial charge in [0.15, 0.2) is 5.78 Å². The van der Waals surface area contributed by atoms with Gasteiger partial charge in [-0.25, -0.2) is 9.37 Å². The van der Waals surface area contributed by atoms with Crippen molar-refractivity contribution in [3.8, 4) is 0 Å². The Kier molecular flexibility index (Phi) is 3.19. The molecular weight excluding hydrogens is 239 g/mol. The molecule has 0 aliphatic rings. The van der Waals surface area contributed by atoms with E-state index in [2.05, 4.69) is 4.98 Å². The van der Waals surface area contributed by atoms with E-state index in [0.717, 1.165) is 5.01 Å². The Bertz CT molecular complexity index is 565. The van der Waals surface area contributed by atoms with Crippen LogP contribution in [0.3, 0.4) is 0 Å². The number of carbonyl (C=O) groups excluding carboxylic acids is 1. The number of nitrogen functional groups attached to an aromatic ring is 1. The van der Waals surface area contributed by atoms with Crippen molar-refractivity contribution in [1.29, 1.82) is 0 Å². The molecule has 17 heavy (non-hydrogen) atoms. The zero-order chi connectivity index (χ0) is 12.4. The minimum atomic E-state index is -0.565. The molecule has 1 heterocycles. The third-order valence-corrected chi connectivity index (χ3v) is 3.18. The van der Waals surface area contributed by atoms with E-state index in [1.165, 1.54) is 29.5 Å². The van der Waals surface area contributed by atoms with Crippen molar-refractivity contribution in [3.63, 3.8) is 0 Å². The van der Waals surface area contributed by atoms with Gasteiger partial charge in [-0.15, -0.1) is 11.3 Å². The second-order valence-corrected chi connectivity index (χ2v) is 4.72. The van der Waals surface area contributed by atoms with Crippen LogP contribution in [0.4, 0.5) is 10.1 Å². The van der Waals surface area contributed by atoms with Crippen LogP contribution in [0.1, 0.15) is 21.1 Å². The van der Waals surface area contributed by atoms with Crippen LogP contribution in [0, 0.1) is 12.7 Å². The standard InChI is InChI=1S/C12H11FN2OS/c1-7-15-8(6-17-7)5-11(16)9-3-2-4-10(13)12(9)14/h2-4,6H,5,14H2,1H3. The van der Waals surface area contributed by atoms with Crippen molar-refractivity contribution in [2.45, 2.75) is 13.3 Å². The highest BCUT2D eigenvalue weighted by molar-refractivity contribution is 7.09. The molecule has 5 heteroatoms. The second kappa shape index (κ2) is 4.63. The summed E-state index contributed by atoms with van der Waals surface area (Å²) in [6, 6.07) is 4.24. The number of para-hydroxylation sites is 1. The van der Waals surface area contributed by atoms with Crippen molar-refractivity contribution in [1.82, 2.24) is 4.98 Å². The lowest BCUT2D eigenvalue weighted by Crippen LogP contribution is -2.08. The van der Waals surface area contributed by atoms with Crippen molar-refractivity contribution < 1.29 is 9.18 Å². The number of hydrogen-bond acceptors (Lipinski definition) is 4. The topological polar surface area (TPSA) is 56.0 Å². The summed E-state index contributed by atoms with van der Waals surface area (Å²) in [4.78, 5) is 16.1. The van der Waals surface area contributed by atoms with Gasteiger partial charge in [0.05, 0.1) is 22.8 Å². The molecule has 88 valence electrons. The molecule has 0 aliphatic heterocycles. The summed E-state index contributed by atoms with van der Waals surface area (Å²) in [6.07, 6.45) is 0.151. The van der Waals surface area contributed by atoms with Gasteiger partial charge in [-0.2, -0.15) is 0 Å². The number of rotatable bonds is 3. The van der Waals surface area contributed by atoms with E-state index in [-0.39, 0.29) is 23.5 Å². The minimum absolute atomic E-state index is 0.0931. The molecule has 1 aromatic carbocycles. The second-order valence-electron chi connectivity index (χ2n) is 3.66. The monoisotopic (exact) mass is 250 g/mol. The summed E-state index contributed by atoms with van der Waals surface area (Å²) in [7, 11) is 0. The molecule has 2 N–H and O–H groups in total. The summed E-state index contributed by atoms with van der Waals surface area (Å²) in [5.41, 5.74) is 6.35. The first-order chi connectivity index (χ1) is 8.08. The molecule has 0 unspecified atom stereocenters. The van der Waals surface area contributed by atoms with Gasteiger partial charge in [0, 0.05) is 10.9 Å². The molecule has 0 saturated heterocycles. The van der Waals surface area contributed by atoms with Gasteiger partial charge >= 0.3 is 0 Å². The van der Waals surface area contributed by atoms with Crippen LogP contribution in [0.15, 0.2) is 23.6 Å². The zero-order valence-electron chi connectivity index (χ0n) is 9.24. The Morgan fingerprint density at radius 1 is 1.53 bits per heavy atom. The number of anilines is 1. The highest BCUT2D eigenvalue weighted by atomic mass is 32.1. The van der Waals surface area contributed by atoms with Gasteiger partial charge in [0.1, 0.15) is 5.82 Å². The molecule has 0 fully saturated rings. The van der Waals surface area contributed by atoms with E-state index >= 15 is 0 Å². The number of thiazole rings is 1. The Labute approximate surface area is 102 Å². The van der Waals surface area contributed by atoms with Crippen molar-refractivity contribution in [2.24, 2.45) is 0 Å². The first-order valence-corrected chi connectivity index (χ1v) is 5.94. The number of halogens is 1. The van der Waals surface area contributed by atoms with Crippen LogP contribution >= 0.6 is 11.3 Å². The van der Waals surface area contributed by atoms with E-state index < -0.39 is 5.82 Å². The van der Waals surface area contributed by atoms with Crippen LogP contribution in [0.25, 0.3) is 0 Å². The minimum Gasteiger partial charge on any atom is -0.396 e. The summed E-state index contributed by atoms with van der Waals surface area (Å²) < 4.78 is 13.2. The summed E-state index contributed by atoms with van der Waals surface area (Å²) in [5.74, 6) is -0.780. The van der Waals surface area contributed by atoms with Crippen LogP contribution in [-0.2, 0) is 6.42 Å². The highest BCUT2D eigenvalue weighted by Gasteiger charge is 2.14. The van der Waals surface area contributed by atoms with E-state index in [9.17, 15) is 9.18 Å². The van der Waals surface area contributed by atoms with Gasteiger partial charge in [-0.1, -0.05) is 6.07 Å². The molecule has 0 atom stereocenters. The molecule has 0 bridgehead atoms. The quantitative estimate of drug-likeness (QED) is 0.673. The van der Waals surface area contributed by atoms with Crippen molar-refractivity contribution >= 4 is 22.8 Å². The fourth-order valence-corrected chi connectivity index (χ4v) is 2.14. The Morgan fingerprint density at radius 2 is 2.29 bits per heavy atom. The highest BCUT2D eigenvalue weighted by Crippen LogP contribution is 2.18. The predicted octanol–water partition coefficient (Wildman–Crippen LogP) is 2.60. The van der Waals surface area contributed by atoms with E-state index in [1.54, 1.807) is 0 Å². The number of nitrogens with two attached hydrogens (primary N) is 1. The third-order valence-electron chi connectivity index (χ3n) is 2.36. The van der Waals surface area contributed by atoms with Gasteiger partial charge in [-0.05, 0) is 19.1 Å². The number of aromatic nitrogens is 1. The molecule has 2 aromatic rings. The smallest absolute Gasteiger partial charge is 0.171 e. The lowest BCUT2D eigenvalue weighted by atomic mass is 10.0. The number of benzene rings is 1. The van der Waals surface area contributed by atoms with Gasteiger partial charge in [-0.3, -0.25) is 4.79 Å². The van der Waals surface area contributed by atoms with Crippen LogP contribution in [0.2, 0.25) is 0 Å². The fourth-order valence-electron chi connectivity index (χ4n) is 1.53. The SMILES string of the molecule is Cc1nc(CC(=O)c2cccc(F)c2N)cs1. The predicted molar refractivity (Wildman–Crippen MR) is 65.7 cm³/mol. The van der Waals surface area contributed by atoms with Crippen molar-refractivity contribution in [3.05, 3.63) is 45.7 Å². The van der Waals surface area contributed by atoms with Crippen LogP contribution in [0.5, 0.6) is 0 Å². The summed E-state index contributed by atoms with van der Waals surface area (Å²) >= 11 is 1.48. The lowest BCUT2D eigenvalue weighted by molar-refractivity contribution is 0.0992. The number of hydrogen-bond donors (Lipinski definition) is 1. The fraction of sp³-hybridized carbons (Fsp3) is 0.167. The third kappa shape index (κ3) is 2.50. The van der Waals surface area contributed by atoms with E-state index in [1.807, 2.05) is 12.3 Å². The average Bonchev–Trinajstić information content (AvgIpc) is 2.68. The Morgan fingerprint density at radius 3 is 2.94 bits per heavy atom. The first kappa shape index (κ1) is 11.7. The van der Waals surface area contributed by atoms with Gasteiger partial charge in [0.2, 0.25) is 0 Å². The molecule has 0 aliphatic carbocycles. The van der Waals surface area contributed by atoms with Crippen LogP contribution < -0.4 is 5.73 Å². The molecule has 0 radical (unpaired) electrons. The summed E-state index contributed by atoms with van der Waals surface area (Å²) in [6.45, 7) is 1.87. The number of nitrogens with zero attached hydrogens (tertiary/aromatic N) is 1. The number of ketones is 1. The van der Waals surface area contributed by atoms with Crippen molar-refractivity contribution in [2.75, 3.05) is 5.73 Å². The molecule has 0 amide bonds. The molecule has 0 spiro atoms. The summed E-state index contributed by atoms with van der Waals surface area (Å²) in [5, 5.41) is 2.72. The first-order valence-electron chi connectivity index (χ1n) is 5.06. The molecular formula is C12H11FN2OS. The lowest BCUT2D eigenvalue weighted by Gasteiger charge is -2.04. The molecule has 0 saturated carbocycles. The normalized spacial score (nSPS) is 10.5. The number of aryl methyl sites for hydroxylation is 1. The largest absolute Gasteiger partial charge is 0.396 e. The zero-order valence-corrected chi connectivity index (χ0v) is 10.1. The van der Waals surface area contributed by atoms with Crippen LogP contribution in [-0.4, -0.2) is 10.8 Å².